The first-order chi connectivity index (χ1) is 12.2. The van der Waals surface area contributed by atoms with Crippen LogP contribution in [0.3, 0.4) is 0 Å². The van der Waals surface area contributed by atoms with E-state index in [-0.39, 0.29) is 5.56 Å². The van der Waals surface area contributed by atoms with Gasteiger partial charge in [-0.3, -0.25) is 4.79 Å². The minimum Gasteiger partial charge on any atom is -0.381 e. The molecule has 1 atom stereocenters. The number of aryl methyl sites for hydroxylation is 1. The zero-order valence-electron chi connectivity index (χ0n) is 14.8. The number of nitrogens with zero attached hydrogens (tertiary/aromatic N) is 3. The number of rotatable bonds is 7. The highest BCUT2D eigenvalue weighted by atomic mass is 16.5. The number of anilines is 2. The second-order valence-corrected chi connectivity index (χ2v) is 6.25. The van der Waals surface area contributed by atoms with Crippen molar-refractivity contribution in [2.24, 2.45) is 0 Å². The first kappa shape index (κ1) is 17.4. The third-order valence-electron chi connectivity index (χ3n) is 4.45. The average molecular weight is 343 g/mol. The summed E-state index contributed by atoms with van der Waals surface area (Å²) in [7, 11) is 1.82. The van der Waals surface area contributed by atoms with E-state index in [9.17, 15) is 4.79 Å². The van der Waals surface area contributed by atoms with Crippen LogP contribution >= 0.6 is 0 Å². The van der Waals surface area contributed by atoms with Gasteiger partial charge in [-0.1, -0.05) is 6.07 Å². The molecule has 2 aromatic heterocycles. The van der Waals surface area contributed by atoms with Gasteiger partial charge in [-0.15, -0.1) is 0 Å². The summed E-state index contributed by atoms with van der Waals surface area (Å²) in [5, 5.41) is 6.36. The lowest BCUT2D eigenvalue weighted by Crippen LogP contribution is -2.22. The summed E-state index contributed by atoms with van der Waals surface area (Å²) in [6.07, 6.45) is 1.83. The number of hydrogen-bond donors (Lipinski definition) is 2. The molecule has 2 aromatic rings. The van der Waals surface area contributed by atoms with Gasteiger partial charge in [0.05, 0.1) is 12.3 Å². The van der Waals surface area contributed by atoms with Crippen LogP contribution in [0.25, 0.3) is 0 Å². The Labute approximate surface area is 147 Å². The number of hydrogen-bond acceptors (Lipinski definition) is 6. The van der Waals surface area contributed by atoms with E-state index in [1.54, 1.807) is 16.7 Å². The van der Waals surface area contributed by atoms with Gasteiger partial charge in [0.2, 0.25) is 5.95 Å². The van der Waals surface area contributed by atoms with Gasteiger partial charge in [-0.25, -0.2) is 4.98 Å². The van der Waals surface area contributed by atoms with Gasteiger partial charge in [-0.2, -0.15) is 4.98 Å². The van der Waals surface area contributed by atoms with Crippen LogP contribution < -0.4 is 16.2 Å². The third kappa shape index (κ3) is 4.36. The van der Waals surface area contributed by atoms with Crippen molar-refractivity contribution >= 4 is 11.8 Å². The van der Waals surface area contributed by atoms with Gasteiger partial charge >= 0.3 is 0 Å². The topological polar surface area (TPSA) is 81.1 Å². The van der Waals surface area contributed by atoms with Crippen molar-refractivity contribution < 1.29 is 4.74 Å². The van der Waals surface area contributed by atoms with E-state index < -0.39 is 0 Å². The molecule has 25 heavy (non-hydrogen) atoms. The molecule has 2 N–H and O–H groups in total. The molecule has 0 aromatic carbocycles. The van der Waals surface area contributed by atoms with Crippen LogP contribution in [0.4, 0.5) is 11.8 Å². The molecule has 0 unspecified atom stereocenters. The van der Waals surface area contributed by atoms with E-state index >= 15 is 0 Å². The van der Waals surface area contributed by atoms with Gasteiger partial charge < -0.3 is 19.9 Å². The Balaban J connectivity index is 1.61. The molecule has 0 amide bonds. The Hall–Kier alpha value is -2.41. The summed E-state index contributed by atoms with van der Waals surface area (Å²) in [6.45, 7) is 4.88. The maximum absolute atomic E-state index is 11.9. The van der Waals surface area contributed by atoms with Crippen LogP contribution in [0.5, 0.6) is 0 Å². The maximum Gasteiger partial charge on any atom is 0.250 e. The molecule has 0 saturated carbocycles. The molecule has 1 fully saturated rings. The van der Waals surface area contributed by atoms with E-state index in [0.29, 0.717) is 18.4 Å². The summed E-state index contributed by atoms with van der Waals surface area (Å²) < 4.78 is 7.25. The molecule has 134 valence electrons. The number of nitrogens with one attached hydrogen (secondary N) is 2. The normalized spacial score (nSPS) is 16.8. The predicted octanol–water partition coefficient (Wildman–Crippen LogP) is 1.99. The average Bonchev–Trinajstić information content (AvgIpc) is 3.15. The number of ether oxygens (including phenoxy) is 1. The fourth-order valence-electron chi connectivity index (χ4n) is 3.01. The second-order valence-electron chi connectivity index (χ2n) is 6.25. The molecule has 1 saturated heterocycles. The summed E-state index contributed by atoms with van der Waals surface area (Å²) >= 11 is 0. The highest BCUT2D eigenvalue weighted by Crippen LogP contribution is 2.25. The first-order valence-corrected chi connectivity index (χ1v) is 8.72. The minimum atomic E-state index is 0.0445. The fourth-order valence-corrected chi connectivity index (χ4v) is 3.01. The van der Waals surface area contributed by atoms with E-state index in [1.165, 1.54) is 0 Å². The van der Waals surface area contributed by atoms with Gasteiger partial charge in [0.1, 0.15) is 5.82 Å². The lowest BCUT2D eigenvalue weighted by Gasteiger charge is -2.13. The quantitative estimate of drug-likeness (QED) is 0.749. The van der Waals surface area contributed by atoms with Crippen molar-refractivity contribution in [3.05, 3.63) is 46.0 Å². The molecule has 0 radical (unpaired) electrons. The van der Waals surface area contributed by atoms with Crippen molar-refractivity contribution in [2.75, 3.05) is 37.4 Å². The molecule has 3 rings (SSSR count). The van der Waals surface area contributed by atoms with Gasteiger partial charge in [0, 0.05) is 50.5 Å². The summed E-state index contributed by atoms with van der Waals surface area (Å²) in [5.41, 5.74) is 2.04. The molecule has 0 spiro atoms. The molecule has 0 aliphatic carbocycles. The zero-order chi connectivity index (χ0) is 17.6. The van der Waals surface area contributed by atoms with E-state index in [1.807, 2.05) is 26.1 Å². The fraction of sp³-hybridized carbons (Fsp3) is 0.500. The van der Waals surface area contributed by atoms with Gasteiger partial charge in [0.25, 0.3) is 5.56 Å². The van der Waals surface area contributed by atoms with Crippen LogP contribution in [0.2, 0.25) is 0 Å². The van der Waals surface area contributed by atoms with Crippen molar-refractivity contribution in [1.29, 1.82) is 0 Å². The molecule has 1 aliphatic heterocycles. The third-order valence-corrected chi connectivity index (χ3v) is 4.45. The SMILES string of the molecule is CNc1nc(NCCCn2c(C)cccc2=O)cc([C@H]2CCOC2)n1. The number of aromatic nitrogens is 3. The Morgan fingerprint density at radius 1 is 1.36 bits per heavy atom. The molecule has 7 nitrogen and oxygen atoms in total. The molecular weight excluding hydrogens is 318 g/mol. The van der Waals surface area contributed by atoms with Crippen molar-refractivity contribution in [3.63, 3.8) is 0 Å². The summed E-state index contributed by atoms with van der Waals surface area (Å²) in [6, 6.07) is 7.34. The van der Waals surface area contributed by atoms with Crippen LogP contribution in [0, 0.1) is 6.92 Å². The van der Waals surface area contributed by atoms with Gasteiger partial charge in [0.15, 0.2) is 0 Å². The molecule has 0 bridgehead atoms. The van der Waals surface area contributed by atoms with E-state index in [4.69, 9.17) is 4.74 Å². The van der Waals surface area contributed by atoms with Crippen molar-refractivity contribution in [2.45, 2.75) is 32.2 Å². The summed E-state index contributed by atoms with van der Waals surface area (Å²) in [5.74, 6) is 1.75. The van der Waals surface area contributed by atoms with Crippen molar-refractivity contribution in [1.82, 2.24) is 14.5 Å². The van der Waals surface area contributed by atoms with E-state index in [2.05, 4.69) is 20.6 Å². The van der Waals surface area contributed by atoms with Crippen LogP contribution in [-0.4, -0.2) is 41.3 Å². The maximum atomic E-state index is 11.9. The van der Waals surface area contributed by atoms with Crippen LogP contribution in [0.1, 0.15) is 30.1 Å². The minimum absolute atomic E-state index is 0.0445. The zero-order valence-corrected chi connectivity index (χ0v) is 14.8. The Morgan fingerprint density at radius 2 is 2.24 bits per heavy atom. The molecular formula is C18H25N5O2. The van der Waals surface area contributed by atoms with Crippen LogP contribution in [-0.2, 0) is 11.3 Å². The predicted molar refractivity (Wildman–Crippen MR) is 98.3 cm³/mol. The second kappa shape index (κ2) is 8.11. The monoisotopic (exact) mass is 343 g/mol. The highest BCUT2D eigenvalue weighted by molar-refractivity contribution is 5.43. The highest BCUT2D eigenvalue weighted by Gasteiger charge is 2.20. The first-order valence-electron chi connectivity index (χ1n) is 8.72. The lowest BCUT2D eigenvalue weighted by molar-refractivity contribution is 0.193. The number of pyridine rings is 1. The standard InChI is InChI=1S/C18H25N5O2/c1-13-5-3-6-17(24)23(13)9-4-8-20-16-11-15(14-7-10-25-12-14)21-18(19-2)22-16/h3,5-6,11,14H,4,7-10,12H2,1-2H3,(H2,19,20,21,22)/t14-/m0/s1. The Bertz CT molecular complexity index is 768. The molecule has 3 heterocycles. The lowest BCUT2D eigenvalue weighted by atomic mass is 10.0. The van der Waals surface area contributed by atoms with Crippen LogP contribution in [0.15, 0.2) is 29.1 Å². The largest absolute Gasteiger partial charge is 0.381 e. The Morgan fingerprint density at radius 3 is 2.96 bits per heavy atom. The summed E-state index contributed by atoms with van der Waals surface area (Å²) in [4.78, 5) is 20.9. The smallest absolute Gasteiger partial charge is 0.250 e. The molecule has 1 aliphatic rings. The molecule has 7 heteroatoms. The van der Waals surface area contributed by atoms with Crippen molar-refractivity contribution in [3.8, 4) is 0 Å². The van der Waals surface area contributed by atoms with Gasteiger partial charge in [-0.05, 0) is 25.8 Å². The Kier molecular flexibility index (Phi) is 5.65. The van der Waals surface area contributed by atoms with E-state index in [0.717, 1.165) is 49.8 Å².